The number of hydrogen-bond donors (Lipinski definition) is 2. The first-order valence-corrected chi connectivity index (χ1v) is 6.12. The first-order valence-electron chi connectivity index (χ1n) is 4.51. The van der Waals surface area contributed by atoms with Crippen molar-refractivity contribution in [3.8, 4) is 5.75 Å². The number of thiazole rings is 1. The lowest BCUT2D eigenvalue weighted by Crippen LogP contribution is -1.91. The van der Waals surface area contributed by atoms with Crippen LogP contribution in [0.4, 0.5) is 15.8 Å². The van der Waals surface area contributed by atoms with Crippen molar-refractivity contribution in [1.29, 1.82) is 0 Å². The predicted molar refractivity (Wildman–Crippen MR) is 70.5 cm³/mol. The summed E-state index contributed by atoms with van der Waals surface area (Å²) in [4.78, 5) is 4.12. The fraction of sp³-hybridized carbons (Fsp3) is 0.100. The van der Waals surface area contributed by atoms with E-state index in [0.717, 1.165) is 21.0 Å². The number of aromatic nitrogens is 1. The van der Waals surface area contributed by atoms with Gasteiger partial charge in [0.1, 0.15) is 10.8 Å². The van der Waals surface area contributed by atoms with Gasteiger partial charge in [0.15, 0.2) is 5.13 Å². The van der Waals surface area contributed by atoms with Gasteiger partial charge in [0, 0.05) is 11.8 Å². The summed E-state index contributed by atoms with van der Waals surface area (Å²) >= 11 is 4.80. The number of halogens is 1. The quantitative estimate of drug-likeness (QED) is 0.913. The summed E-state index contributed by atoms with van der Waals surface area (Å²) in [6, 6.07) is 5.74. The van der Waals surface area contributed by atoms with Crippen molar-refractivity contribution in [2.24, 2.45) is 0 Å². The summed E-state index contributed by atoms with van der Waals surface area (Å²) in [6.07, 6.45) is 1.63. The van der Waals surface area contributed by atoms with Gasteiger partial charge in [-0.2, -0.15) is 0 Å². The zero-order valence-electron chi connectivity index (χ0n) is 8.53. The van der Waals surface area contributed by atoms with Gasteiger partial charge in [-0.05, 0) is 28.1 Å². The normalized spacial score (nSPS) is 10.1. The monoisotopic (exact) mass is 299 g/mol. The second-order valence-electron chi connectivity index (χ2n) is 3.04. The molecule has 0 aliphatic heterocycles. The minimum atomic E-state index is 0.687. The van der Waals surface area contributed by atoms with Crippen LogP contribution in [0.1, 0.15) is 0 Å². The molecule has 0 amide bonds. The number of nitrogens with zero attached hydrogens (tertiary/aromatic N) is 1. The molecule has 0 radical (unpaired) electrons. The Labute approximate surface area is 106 Å². The standard InChI is InChI=1S/C10H10BrN3OS/c1-15-8-4-6(2-3-7(8)11)14-10-13-5-9(12)16-10/h2-5H,12H2,1H3,(H,13,14). The molecule has 4 nitrogen and oxygen atoms in total. The summed E-state index contributed by atoms with van der Waals surface area (Å²) < 4.78 is 6.12. The molecule has 1 aromatic carbocycles. The number of anilines is 3. The first-order chi connectivity index (χ1) is 7.69. The Morgan fingerprint density at radius 3 is 2.94 bits per heavy atom. The molecule has 1 aromatic heterocycles. The van der Waals surface area contributed by atoms with Crippen LogP contribution in [0.3, 0.4) is 0 Å². The lowest BCUT2D eigenvalue weighted by molar-refractivity contribution is 0.412. The molecule has 2 rings (SSSR count). The van der Waals surface area contributed by atoms with Gasteiger partial charge in [-0.1, -0.05) is 11.3 Å². The molecule has 3 N–H and O–H groups in total. The Morgan fingerprint density at radius 1 is 1.50 bits per heavy atom. The molecule has 0 bridgehead atoms. The van der Waals surface area contributed by atoms with Gasteiger partial charge in [0.25, 0.3) is 0 Å². The Bertz CT molecular complexity index is 501. The van der Waals surface area contributed by atoms with Gasteiger partial charge in [0.05, 0.1) is 17.8 Å². The third-order valence-electron chi connectivity index (χ3n) is 1.93. The van der Waals surface area contributed by atoms with E-state index in [2.05, 4.69) is 26.2 Å². The SMILES string of the molecule is COc1cc(Nc2ncc(N)s2)ccc1Br. The number of rotatable bonds is 3. The van der Waals surface area contributed by atoms with E-state index in [1.54, 1.807) is 13.3 Å². The Kier molecular flexibility index (Phi) is 3.31. The van der Waals surface area contributed by atoms with Crippen LogP contribution in [0.2, 0.25) is 0 Å². The van der Waals surface area contributed by atoms with Gasteiger partial charge in [0.2, 0.25) is 0 Å². The molecule has 0 spiro atoms. The number of hydrogen-bond acceptors (Lipinski definition) is 5. The smallest absolute Gasteiger partial charge is 0.189 e. The van der Waals surface area contributed by atoms with Gasteiger partial charge >= 0.3 is 0 Å². The van der Waals surface area contributed by atoms with Crippen molar-refractivity contribution in [1.82, 2.24) is 4.98 Å². The third kappa shape index (κ3) is 2.45. The first kappa shape index (κ1) is 11.2. The van der Waals surface area contributed by atoms with Crippen LogP contribution in [0, 0.1) is 0 Å². The molecular weight excluding hydrogens is 290 g/mol. The summed E-state index contributed by atoms with van der Waals surface area (Å²) in [6.45, 7) is 0. The molecular formula is C10H10BrN3OS. The third-order valence-corrected chi connectivity index (χ3v) is 3.32. The Hall–Kier alpha value is -1.27. The van der Waals surface area contributed by atoms with E-state index >= 15 is 0 Å². The van der Waals surface area contributed by atoms with Crippen LogP contribution < -0.4 is 15.8 Å². The molecule has 0 atom stereocenters. The topological polar surface area (TPSA) is 60.2 Å². The maximum absolute atomic E-state index is 5.60. The molecule has 0 unspecified atom stereocenters. The van der Waals surface area contributed by atoms with Crippen molar-refractivity contribution in [2.45, 2.75) is 0 Å². The predicted octanol–water partition coefficient (Wildman–Crippen LogP) is 3.24. The van der Waals surface area contributed by atoms with E-state index in [1.165, 1.54) is 11.3 Å². The van der Waals surface area contributed by atoms with E-state index in [0.29, 0.717) is 5.00 Å². The Balaban J connectivity index is 2.21. The van der Waals surface area contributed by atoms with E-state index in [-0.39, 0.29) is 0 Å². The van der Waals surface area contributed by atoms with Gasteiger partial charge in [-0.25, -0.2) is 4.98 Å². The molecule has 84 valence electrons. The highest BCUT2D eigenvalue weighted by molar-refractivity contribution is 9.10. The lowest BCUT2D eigenvalue weighted by Gasteiger charge is -2.06. The number of benzene rings is 1. The highest BCUT2D eigenvalue weighted by Crippen LogP contribution is 2.30. The van der Waals surface area contributed by atoms with Crippen molar-refractivity contribution in [2.75, 3.05) is 18.2 Å². The number of ether oxygens (including phenoxy) is 1. The molecule has 16 heavy (non-hydrogen) atoms. The molecule has 2 aromatic rings. The maximum atomic E-state index is 5.60. The van der Waals surface area contributed by atoms with Gasteiger partial charge in [-0.15, -0.1) is 0 Å². The number of nitrogens with two attached hydrogens (primary N) is 1. The number of nitrogens with one attached hydrogen (secondary N) is 1. The highest BCUT2D eigenvalue weighted by atomic mass is 79.9. The van der Waals surface area contributed by atoms with Gasteiger partial charge < -0.3 is 15.8 Å². The van der Waals surface area contributed by atoms with Crippen molar-refractivity contribution in [3.63, 3.8) is 0 Å². The summed E-state index contributed by atoms with van der Waals surface area (Å²) in [7, 11) is 1.63. The minimum Gasteiger partial charge on any atom is -0.495 e. The summed E-state index contributed by atoms with van der Waals surface area (Å²) in [5, 5.41) is 4.61. The van der Waals surface area contributed by atoms with E-state index in [9.17, 15) is 0 Å². The molecule has 6 heteroatoms. The zero-order chi connectivity index (χ0) is 11.5. The van der Waals surface area contributed by atoms with Crippen LogP contribution >= 0.6 is 27.3 Å². The highest BCUT2D eigenvalue weighted by Gasteiger charge is 2.03. The summed E-state index contributed by atoms with van der Waals surface area (Å²) in [5.74, 6) is 0.773. The average Bonchev–Trinajstić information content (AvgIpc) is 2.67. The van der Waals surface area contributed by atoms with Crippen LogP contribution in [0.15, 0.2) is 28.9 Å². The number of nitrogen functional groups attached to an aromatic ring is 1. The van der Waals surface area contributed by atoms with Crippen molar-refractivity contribution < 1.29 is 4.74 Å². The Morgan fingerprint density at radius 2 is 2.31 bits per heavy atom. The molecule has 0 saturated carbocycles. The zero-order valence-corrected chi connectivity index (χ0v) is 10.9. The van der Waals surface area contributed by atoms with E-state index in [4.69, 9.17) is 10.5 Å². The van der Waals surface area contributed by atoms with Crippen LogP contribution in [-0.2, 0) is 0 Å². The molecule has 0 fully saturated rings. The molecule has 1 heterocycles. The van der Waals surface area contributed by atoms with Crippen LogP contribution in [-0.4, -0.2) is 12.1 Å². The second kappa shape index (κ2) is 4.71. The lowest BCUT2D eigenvalue weighted by atomic mass is 10.3. The summed E-state index contributed by atoms with van der Waals surface area (Å²) in [5.41, 5.74) is 6.51. The minimum absolute atomic E-state index is 0.687. The van der Waals surface area contributed by atoms with E-state index < -0.39 is 0 Å². The number of methoxy groups -OCH3 is 1. The molecule has 0 saturated heterocycles. The largest absolute Gasteiger partial charge is 0.495 e. The van der Waals surface area contributed by atoms with Crippen LogP contribution in [0.25, 0.3) is 0 Å². The van der Waals surface area contributed by atoms with E-state index in [1.807, 2.05) is 18.2 Å². The van der Waals surface area contributed by atoms with Crippen molar-refractivity contribution >= 4 is 43.1 Å². The molecule has 0 aliphatic carbocycles. The fourth-order valence-electron chi connectivity index (χ4n) is 1.21. The fourth-order valence-corrected chi connectivity index (χ4v) is 2.22. The van der Waals surface area contributed by atoms with Crippen LogP contribution in [0.5, 0.6) is 5.75 Å². The second-order valence-corrected chi connectivity index (χ2v) is 4.96. The van der Waals surface area contributed by atoms with Crippen molar-refractivity contribution in [3.05, 3.63) is 28.9 Å². The van der Waals surface area contributed by atoms with Gasteiger partial charge in [-0.3, -0.25) is 0 Å². The average molecular weight is 300 g/mol. The maximum Gasteiger partial charge on any atom is 0.189 e. The molecule has 0 aliphatic rings.